The molecule has 1 aromatic rings. The number of hydrogen-bond donors (Lipinski definition) is 0. The number of rotatable bonds is 2. The van der Waals surface area contributed by atoms with E-state index in [0.717, 1.165) is 36.1 Å². The van der Waals surface area contributed by atoms with Crippen molar-refractivity contribution in [3.63, 3.8) is 0 Å². The van der Waals surface area contributed by atoms with Gasteiger partial charge in [0, 0.05) is 18.8 Å². The molecule has 2 heterocycles. The standard InChI is InChI=1S/C12H16BrN3O2/c1-8-11(13)9(2)16(12(18)14-8)7-10(17)15-5-3-4-6-15/h3-7H2,1-2H3. The second-order valence-corrected chi connectivity index (χ2v) is 5.35. The van der Waals surface area contributed by atoms with Crippen molar-refractivity contribution in [3.8, 4) is 0 Å². The molecule has 1 aromatic heterocycles. The van der Waals surface area contributed by atoms with Crippen LogP contribution in [0.25, 0.3) is 0 Å². The third kappa shape index (κ3) is 2.48. The van der Waals surface area contributed by atoms with Crippen LogP contribution in [-0.4, -0.2) is 33.4 Å². The molecule has 2 rings (SSSR count). The van der Waals surface area contributed by atoms with Crippen LogP contribution < -0.4 is 5.69 Å². The van der Waals surface area contributed by atoms with Gasteiger partial charge >= 0.3 is 5.69 Å². The summed E-state index contributed by atoms with van der Waals surface area (Å²) in [6.07, 6.45) is 2.10. The number of nitrogens with zero attached hydrogens (tertiary/aromatic N) is 3. The molecule has 0 aromatic carbocycles. The van der Waals surface area contributed by atoms with Gasteiger partial charge in [0.25, 0.3) is 0 Å². The Labute approximate surface area is 114 Å². The minimum atomic E-state index is -0.360. The number of carbonyl (C=O) groups is 1. The predicted molar refractivity (Wildman–Crippen MR) is 71.5 cm³/mol. The van der Waals surface area contributed by atoms with Gasteiger partial charge in [-0.3, -0.25) is 9.36 Å². The quantitative estimate of drug-likeness (QED) is 0.825. The summed E-state index contributed by atoms with van der Waals surface area (Å²) in [5.74, 6) is -0.00440. The number of likely N-dealkylation sites (tertiary alicyclic amines) is 1. The zero-order valence-corrected chi connectivity index (χ0v) is 12.2. The van der Waals surface area contributed by atoms with E-state index in [1.54, 1.807) is 11.8 Å². The second kappa shape index (κ2) is 5.22. The molecule has 1 amide bonds. The third-order valence-corrected chi connectivity index (χ3v) is 4.43. The van der Waals surface area contributed by atoms with E-state index in [0.29, 0.717) is 5.69 Å². The lowest BCUT2D eigenvalue weighted by molar-refractivity contribution is -0.130. The van der Waals surface area contributed by atoms with Crippen LogP contribution in [0.5, 0.6) is 0 Å². The summed E-state index contributed by atoms with van der Waals surface area (Å²) in [6.45, 7) is 5.26. The highest BCUT2D eigenvalue weighted by Gasteiger charge is 2.20. The summed E-state index contributed by atoms with van der Waals surface area (Å²) in [7, 11) is 0. The first kappa shape index (κ1) is 13.3. The maximum absolute atomic E-state index is 12.0. The molecule has 0 bridgehead atoms. The van der Waals surface area contributed by atoms with Crippen LogP contribution in [0, 0.1) is 13.8 Å². The fourth-order valence-corrected chi connectivity index (χ4v) is 2.47. The van der Waals surface area contributed by atoms with Crippen LogP contribution in [0.1, 0.15) is 24.2 Å². The van der Waals surface area contributed by atoms with Gasteiger partial charge in [-0.05, 0) is 42.6 Å². The average molecular weight is 314 g/mol. The first-order chi connectivity index (χ1) is 8.50. The van der Waals surface area contributed by atoms with E-state index in [1.165, 1.54) is 4.57 Å². The topological polar surface area (TPSA) is 55.2 Å². The Morgan fingerprint density at radius 1 is 1.33 bits per heavy atom. The van der Waals surface area contributed by atoms with Crippen LogP contribution in [0.15, 0.2) is 9.27 Å². The number of aromatic nitrogens is 2. The fourth-order valence-electron chi connectivity index (χ4n) is 2.16. The Balaban J connectivity index is 2.26. The summed E-state index contributed by atoms with van der Waals surface area (Å²) >= 11 is 3.39. The number of aryl methyl sites for hydroxylation is 1. The maximum Gasteiger partial charge on any atom is 0.348 e. The monoisotopic (exact) mass is 313 g/mol. The van der Waals surface area contributed by atoms with Crippen LogP contribution in [0.2, 0.25) is 0 Å². The van der Waals surface area contributed by atoms with Crippen LogP contribution in [0.3, 0.4) is 0 Å². The van der Waals surface area contributed by atoms with Gasteiger partial charge in [0.15, 0.2) is 0 Å². The summed E-state index contributed by atoms with van der Waals surface area (Å²) in [5.41, 5.74) is 1.04. The first-order valence-electron chi connectivity index (χ1n) is 6.02. The molecular formula is C12H16BrN3O2. The second-order valence-electron chi connectivity index (χ2n) is 4.55. The molecule has 0 N–H and O–H groups in total. The molecule has 0 radical (unpaired) electrons. The molecular weight excluding hydrogens is 298 g/mol. The largest absolute Gasteiger partial charge is 0.348 e. The van der Waals surface area contributed by atoms with E-state index in [1.807, 2.05) is 6.92 Å². The Morgan fingerprint density at radius 3 is 2.56 bits per heavy atom. The van der Waals surface area contributed by atoms with Gasteiger partial charge in [-0.25, -0.2) is 4.79 Å². The van der Waals surface area contributed by atoms with Crippen molar-refractivity contribution in [3.05, 3.63) is 26.3 Å². The Morgan fingerprint density at radius 2 is 1.94 bits per heavy atom. The first-order valence-corrected chi connectivity index (χ1v) is 6.81. The van der Waals surface area contributed by atoms with Crippen molar-refractivity contribution in [2.75, 3.05) is 13.1 Å². The maximum atomic E-state index is 12.0. The molecule has 1 fully saturated rings. The van der Waals surface area contributed by atoms with Crippen molar-refractivity contribution < 1.29 is 4.79 Å². The third-order valence-electron chi connectivity index (χ3n) is 3.29. The summed E-state index contributed by atoms with van der Waals surface area (Å²) in [4.78, 5) is 29.6. The lowest BCUT2D eigenvalue weighted by atomic mass is 10.3. The summed E-state index contributed by atoms with van der Waals surface area (Å²) in [5, 5.41) is 0. The van der Waals surface area contributed by atoms with E-state index < -0.39 is 0 Å². The van der Waals surface area contributed by atoms with Crippen molar-refractivity contribution in [1.29, 1.82) is 0 Å². The van der Waals surface area contributed by atoms with Gasteiger partial charge in [0.1, 0.15) is 6.54 Å². The van der Waals surface area contributed by atoms with Gasteiger partial charge in [-0.15, -0.1) is 0 Å². The number of carbonyl (C=O) groups excluding carboxylic acids is 1. The molecule has 1 saturated heterocycles. The van der Waals surface area contributed by atoms with E-state index >= 15 is 0 Å². The molecule has 98 valence electrons. The average Bonchev–Trinajstić information content (AvgIpc) is 2.85. The highest BCUT2D eigenvalue weighted by atomic mass is 79.9. The number of amides is 1. The van der Waals surface area contributed by atoms with E-state index in [9.17, 15) is 9.59 Å². The molecule has 18 heavy (non-hydrogen) atoms. The number of halogens is 1. The zero-order chi connectivity index (χ0) is 13.3. The minimum absolute atomic E-state index is 0.00440. The Kier molecular flexibility index (Phi) is 3.85. The van der Waals surface area contributed by atoms with E-state index in [4.69, 9.17) is 0 Å². The lowest BCUT2D eigenvalue weighted by Crippen LogP contribution is -2.36. The molecule has 0 saturated carbocycles. The molecule has 5 nitrogen and oxygen atoms in total. The van der Waals surface area contributed by atoms with Gasteiger partial charge in [-0.1, -0.05) is 0 Å². The van der Waals surface area contributed by atoms with Crippen molar-refractivity contribution >= 4 is 21.8 Å². The van der Waals surface area contributed by atoms with Crippen molar-refractivity contribution in [1.82, 2.24) is 14.5 Å². The smallest absolute Gasteiger partial charge is 0.341 e. The van der Waals surface area contributed by atoms with Crippen LogP contribution in [0.4, 0.5) is 0 Å². The fraction of sp³-hybridized carbons (Fsp3) is 0.583. The number of hydrogen-bond acceptors (Lipinski definition) is 3. The normalized spacial score (nSPS) is 15.2. The Bertz CT molecular complexity index is 533. The minimum Gasteiger partial charge on any atom is -0.341 e. The van der Waals surface area contributed by atoms with E-state index in [2.05, 4.69) is 20.9 Å². The molecule has 1 aliphatic heterocycles. The summed E-state index contributed by atoms with van der Waals surface area (Å²) in [6, 6.07) is 0. The van der Waals surface area contributed by atoms with Crippen LogP contribution in [-0.2, 0) is 11.3 Å². The van der Waals surface area contributed by atoms with Gasteiger partial charge < -0.3 is 4.90 Å². The highest BCUT2D eigenvalue weighted by Crippen LogP contribution is 2.17. The molecule has 0 spiro atoms. The molecule has 0 unspecified atom stereocenters. The summed E-state index contributed by atoms with van der Waals surface area (Å²) < 4.78 is 2.22. The van der Waals surface area contributed by atoms with Gasteiger partial charge in [-0.2, -0.15) is 4.98 Å². The van der Waals surface area contributed by atoms with Gasteiger partial charge in [0.2, 0.25) is 5.91 Å². The van der Waals surface area contributed by atoms with Crippen molar-refractivity contribution in [2.24, 2.45) is 0 Å². The highest BCUT2D eigenvalue weighted by molar-refractivity contribution is 9.10. The molecule has 6 heteroatoms. The van der Waals surface area contributed by atoms with E-state index in [-0.39, 0.29) is 18.1 Å². The zero-order valence-electron chi connectivity index (χ0n) is 10.6. The van der Waals surface area contributed by atoms with Crippen LogP contribution >= 0.6 is 15.9 Å². The predicted octanol–water partition coefficient (Wildman–Crippen LogP) is 1.25. The Hall–Kier alpha value is -1.17. The van der Waals surface area contributed by atoms with Crippen molar-refractivity contribution in [2.45, 2.75) is 33.2 Å². The molecule has 0 aliphatic carbocycles. The molecule has 1 aliphatic rings. The SMILES string of the molecule is Cc1nc(=O)n(CC(=O)N2CCCC2)c(C)c1Br. The van der Waals surface area contributed by atoms with Gasteiger partial charge in [0.05, 0.1) is 10.2 Å². The molecule has 0 atom stereocenters. The lowest BCUT2D eigenvalue weighted by Gasteiger charge is -2.17.